The summed E-state index contributed by atoms with van der Waals surface area (Å²) in [6, 6.07) is 8.30. The molecular weight excluding hydrogens is 366 g/mol. The van der Waals surface area contributed by atoms with Gasteiger partial charge in [-0.25, -0.2) is 9.50 Å². The average molecular weight is 393 g/mol. The number of hydrogen-bond donors (Lipinski definition) is 0. The normalized spacial score (nSPS) is 16.5. The summed E-state index contributed by atoms with van der Waals surface area (Å²) in [6.07, 6.45) is 4.68. The first-order chi connectivity index (χ1) is 14.1. The van der Waals surface area contributed by atoms with Crippen molar-refractivity contribution in [2.45, 2.75) is 52.5 Å². The zero-order chi connectivity index (χ0) is 20.4. The molecule has 1 fully saturated rings. The van der Waals surface area contributed by atoms with Crippen LogP contribution in [0.15, 0.2) is 30.6 Å². The Balaban J connectivity index is 1.46. The van der Waals surface area contributed by atoms with Crippen LogP contribution in [-0.2, 0) is 11.2 Å². The van der Waals surface area contributed by atoms with Crippen LogP contribution in [-0.4, -0.2) is 43.5 Å². The Morgan fingerprint density at radius 1 is 1.24 bits per heavy atom. The average Bonchev–Trinajstić information content (AvgIpc) is 3.38. The molecule has 3 heterocycles. The van der Waals surface area contributed by atoms with Crippen LogP contribution in [0.4, 0.5) is 0 Å². The summed E-state index contributed by atoms with van der Waals surface area (Å²) in [5, 5.41) is 4.23. The van der Waals surface area contributed by atoms with Gasteiger partial charge in [0.1, 0.15) is 12.1 Å². The van der Waals surface area contributed by atoms with Gasteiger partial charge in [-0.05, 0) is 63.3 Å². The maximum absolute atomic E-state index is 13.1. The van der Waals surface area contributed by atoms with Crippen LogP contribution in [0.1, 0.15) is 54.7 Å². The number of hydrogen-bond acceptors (Lipinski definition) is 5. The minimum Gasteiger partial charge on any atom is -0.494 e. The first-order valence-electron chi connectivity index (χ1n) is 10.3. The van der Waals surface area contributed by atoms with Gasteiger partial charge in [0.05, 0.1) is 12.6 Å². The zero-order valence-corrected chi connectivity index (χ0v) is 17.3. The van der Waals surface area contributed by atoms with E-state index in [4.69, 9.17) is 4.74 Å². The van der Waals surface area contributed by atoms with E-state index in [2.05, 4.69) is 27.2 Å². The lowest BCUT2D eigenvalue weighted by Crippen LogP contribution is -2.30. The highest BCUT2D eigenvalue weighted by molar-refractivity contribution is 5.77. The van der Waals surface area contributed by atoms with Gasteiger partial charge in [0, 0.05) is 24.4 Å². The van der Waals surface area contributed by atoms with Crippen molar-refractivity contribution in [3.05, 3.63) is 53.1 Å². The lowest BCUT2D eigenvalue weighted by atomic mass is 10.0. The Labute approximate surface area is 170 Å². The molecule has 1 aromatic carbocycles. The highest BCUT2D eigenvalue weighted by atomic mass is 16.5. The SMILES string of the molecule is CCOc1ccc(C2CCCN2C(=O)CCc2c(C)nc3ncnn3c2C)cc1. The molecule has 29 heavy (non-hydrogen) atoms. The minimum absolute atomic E-state index is 0.149. The fourth-order valence-corrected chi connectivity index (χ4v) is 4.26. The van der Waals surface area contributed by atoms with E-state index in [0.717, 1.165) is 42.1 Å². The monoisotopic (exact) mass is 393 g/mol. The molecule has 0 bridgehead atoms. The Morgan fingerprint density at radius 3 is 2.79 bits per heavy atom. The van der Waals surface area contributed by atoms with Crippen LogP contribution in [0.2, 0.25) is 0 Å². The molecule has 0 aliphatic carbocycles. The van der Waals surface area contributed by atoms with Gasteiger partial charge in [-0.1, -0.05) is 12.1 Å². The van der Waals surface area contributed by atoms with Gasteiger partial charge in [-0.2, -0.15) is 10.1 Å². The summed E-state index contributed by atoms with van der Waals surface area (Å²) < 4.78 is 7.28. The number of likely N-dealkylation sites (tertiary alicyclic amines) is 1. The van der Waals surface area contributed by atoms with Gasteiger partial charge in [-0.3, -0.25) is 4.79 Å². The number of carbonyl (C=O) groups is 1. The largest absolute Gasteiger partial charge is 0.494 e. The maximum atomic E-state index is 13.1. The van der Waals surface area contributed by atoms with Gasteiger partial charge in [-0.15, -0.1) is 0 Å². The summed E-state index contributed by atoms with van der Waals surface area (Å²) in [5.41, 5.74) is 4.17. The van der Waals surface area contributed by atoms with Crippen molar-refractivity contribution in [2.24, 2.45) is 0 Å². The molecule has 0 spiro atoms. The first-order valence-corrected chi connectivity index (χ1v) is 10.3. The molecule has 3 aromatic rings. The number of aryl methyl sites for hydroxylation is 2. The van der Waals surface area contributed by atoms with Crippen LogP contribution in [0.3, 0.4) is 0 Å². The second kappa shape index (κ2) is 8.19. The van der Waals surface area contributed by atoms with Crippen molar-refractivity contribution in [2.75, 3.05) is 13.2 Å². The summed E-state index contributed by atoms with van der Waals surface area (Å²) in [5.74, 6) is 1.66. The van der Waals surface area contributed by atoms with Crippen LogP contribution in [0.5, 0.6) is 5.75 Å². The Bertz CT molecular complexity index is 1010. The Morgan fingerprint density at radius 2 is 2.03 bits per heavy atom. The van der Waals surface area contributed by atoms with Crippen LogP contribution in [0, 0.1) is 13.8 Å². The van der Waals surface area contributed by atoms with Crippen molar-refractivity contribution in [3.8, 4) is 5.75 Å². The molecule has 1 unspecified atom stereocenters. The Hall–Kier alpha value is -2.96. The van der Waals surface area contributed by atoms with E-state index in [1.807, 2.05) is 37.8 Å². The van der Waals surface area contributed by atoms with Crippen molar-refractivity contribution >= 4 is 11.7 Å². The molecule has 152 valence electrons. The van der Waals surface area contributed by atoms with Gasteiger partial charge in [0.15, 0.2) is 0 Å². The lowest BCUT2D eigenvalue weighted by Gasteiger charge is -2.25. The van der Waals surface area contributed by atoms with Crippen molar-refractivity contribution in [1.82, 2.24) is 24.5 Å². The predicted octanol–water partition coefficient (Wildman–Crippen LogP) is 3.44. The molecule has 0 N–H and O–H groups in total. The number of amides is 1. The van der Waals surface area contributed by atoms with E-state index in [-0.39, 0.29) is 11.9 Å². The summed E-state index contributed by atoms with van der Waals surface area (Å²) in [4.78, 5) is 23.8. The second-order valence-electron chi connectivity index (χ2n) is 7.48. The minimum atomic E-state index is 0.149. The number of rotatable bonds is 6. The second-order valence-corrected chi connectivity index (χ2v) is 7.48. The van der Waals surface area contributed by atoms with E-state index < -0.39 is 0 Å². The number of fused-ring (bicyclic) bond motifs is 1. The lowest BCUT2D eigenvalue weighted by molar-refractivity contribution is -0.132. The summed E-state index contributed by atoms with van der Waals surface area (Å²) >= 11 is 0. The molecule has 0 saturated carbocycles. The molecule has 4 rings (SSSR count). The third kappa shape index (κ3) is 3.81. The molecule has 7 nitrogen and oxygen atoms in total. The molecule has 1 amide bonds. The molecule has 1 saturated heterocycles. The van der Waals surface area contributed by atoms with E-state index in [0.29, 0.717) is 25.2 Å². The Kier molecular flexibility index (Phi) is 5.47. The van der Waals surface area contributed by atoms with E-state index >= 15 is 0 Å². The number of aromatic nitrogens is 4. The number of carbonyl (C=O) groups excluding carboxylic acids is 1. The highest BCUT2D eigenvalue weighted by Crippen LogP contribution is 2.33. The van der Waals surface area contributed by atoms with Gasteiger partial charge in [0.25, 0.3) is 5.78 Å². The van der Waals surface area contributed by atoms with E-state index in [1.165, 1.54) is 11.9 Å². The number of benzene rings is 1. The van der Waals surface area contributed by atoms with E-state index in [1.54, 1.807) is 4.52 Å². The number of ether oxygens (including phenoxy) is 1. The first kappa shape index (κ1) is 19.4. The molecule has 2 aromatic heterocycles. The van der Waals surface area contributed by atoms with Gasteiger partial charge >= 0.3 is 0 Å². The van der Waals surface area contributed by atoms with Crippen molar-refractivity contribution in [1.29, 1.82) is 0 Å². The molecule has 1 aliphatic rings. The summed E-state index contributed by atoms with van der Waals surface area (Å²) in [6.45, 7) is 7.43. The quantitative estimate of drug-likeness (QED) is 0.641. The fourth-order valence-electron chi connectivity index (χ4n) is 4.26. The molecular formula is C22H27N5O2. The van der Waals surface area contributed by atoms with Crippen LogP contribution in [0.25, 0.3) is 5.78 Å². The standard InChI is InChI=1S/C22H27N5O2/c1-4-29-18-9-7-17(8-10-18)20-6-5-13-26(20)21(28)12-11-19-15(2)25-22-23-14-24-27(22)16(19)3/h7-10,14,20H,4-6,11-13H2,1-3H3. The van der Waals surface area contributed by atoms with Gasteiger partial charge < -0.3 is 9.64 Å². The van der Waals surface area contributed by atoms with Crippen LogP contribution < -0.4 is 4.74 Å². The smallest absolute Gasteiger partial charge is 0.252 e. The molecule has 1 atom stereocenters. The fraction of sp³-hybridized carbons (Fsp3) is 0.455. The molecule has 7 heteroatoms. The third-order valence-corrected chi connectivity index (χ3v) is 5.73. The third-order valence-electron chi connectivity index (χ3n) is 5.73. The van der Waals surface area contributed by atoms with E-state index in [9.17, 15) is 4.79 Å². The van der Waals surface area contributed by atoms with Crippen molar-refractivity contribution < 1.29 is 9.53 Å². The molecule has 1 aliphatic heterocycles. The number of nitrogens with zero attached hydrogens (tertiary/aromatic N) is 5. The van der Waals surface area contributed by atoms with Crippen molar-refractivity contribution in [3.63, 3.8) is 0 Å². The topological polar surface area (TPSA) is 72.6 Å². The molecule has 0 radical (unpaired) electrons. The highest BCUT2D eigenvalue weighted by Gasteiger charge is 2.29. The summed E-state index contributed by atoms with van der Waals surface area (Å²) in [7, 11) is 0. The van der Waals surface area contributed by atoms with Gasteiger partial charge in [0.2, 0.25) is 5.91 Å². The predicted molar refractivity (Wildman–Crippen MR) is 110 cm³/mol. The zero-order valence-electron chi connectivity index (χ0n) is 17.3. The maximum Gasteiger partial charge on any atom is 0.252 e. The van der Waals surface area contributed by atoms with Crippen LogP contribution >= 0.6 is 0 Å².